The van der Waals surface area contributed by atoms with Gasteiger partial charge in [0.1, 0.15) is 5.60 Å². The molecule has 2 saturated carbocycles. The zero-order valence-corrected chi connectivity index (χ0v) is 29.5. The van der Waals surface area contributed by atoms with E-state index in [1.807, 2.05) is 0 Å². The zero-order chi connectivity index (χ0) is 21.8. The van der Waals surface area contributed by atoms with Crippen LogP contribution < -0.4 is 0 Å². The summed E-state index contributed by atoms with van der Waals surface area (Å²) in [5, 5.41) is 12.3. The highest BCUT2D eigenvalue weighted by atomic mass is 33.1. The Morgan fingerprint density at radius 1 is 1.17 bits per heavy atom. The highest BCUT2D eigenvalue weighted by Crippen LogP contribution is 3.09. The van der Waals surface area contributed by atoms with E-state index in [-0.39, 0.29) is 44.0 Å². The molecule has 0 amide bonds. The molecule has 3 nitrogen and oxygen atoms in total. The van der Waals surface area contributed by atoms with E-state index in [0.29, 0.717) is 14.4 Å². The summed E-state index contributed by atoms with van der Waals surface area (Å²) in [6, 6.07) is 0. The van der Waals surface area contributed by atoms with Crippen molar-refractivity contribution >= 4 is 98.5 Å². The van der Waals surface area contributed by atoms with Gasteiger partial charge in [0, 0.05) is 15.5 Å². The van der Waals surface area contributed by atoms with E-state index in [1.165, 1.54) is 5.57 Å². The largest absolute Gasteiger partial charge is 0.386 e. The predicted octanol–water partition coefficient (Wildman–Crippen LogP) is 8.79. The van der Waals surface area contributed by atoms with Crippen LogP contribution in [0.15, 0.2) is 11.6 Å². The van der Waals surface area contributed by atoms with Crippen molar-refractivity contribution in [2.45, 2.75) is 57.8 Å². The van der Waals surface area contributed by atoms with E-state index in [9.17, 15) is 5.11 Å². The van der Waals surface area contributed by atoms with Gasteiger partial charge in [-0.25, -0.2) is 0 Å². The van der Waals surface area contributed by atoms with Crippen molar-refractivity contribution in [3.63, 3.8) is 0 Å². The first-order chi connectivity index (χ1) is 13.5. The van der Waals surface area contributed by atoms with Gasteiger partial charge in [-0.05, 0) is 51.5 Å². The molecule has 2 bridgehead atoms. The van der Waals surface area contributed by atoms with Crippen LogP contribution >= 0.6 is 98.5 Å². The summed E-state index contributed by atoms with van der Waals surface area (Å²) in [7, 11) is 18.5. The first-order valence-electron chi connectivity index (χ1n) is 9.33. The van der Waals surface area contributed by atoms with Gasteiger partial charge in [-0.1, -0.05) is 42.4 Å². The SMILES string of the molecule is CC1=CCC2[C@H](OPP)[C@]3(O)CC[C@H](OP(P(P)P)P(PP)P(P)P)C13C2(C)C. The first-order valence-corrected chi connectivity index (χ1v) is 29.6. The Morgan fingerprint density at radius 2 is 1.83 bits per heavy atom. The Hall–Kier alpha value is 4.78. The molecule has 0 saturated heterocycles. The molecule has 0 aromatic heterocycles. The van der Waals surface area contributed by atoms with Crippen molar-refractivity contribution in [2.75, 3.05) is 0 Å². The maximum atomic E-state index is 12.3. The van der Waals surface area contributed by atoms with Gasteiger partial charge in [0.15, 0.2) is 0 Å². The quantitative estimate of drug-likeness (QED) is 0.217. The summed E-state index contributed by atoms with van der Waals surface area (Å²) in [4.78, 5) is 0. The molecule has 0 aromatic carbocycles. The fraction of sp³-hybridized carbons (Fsp3) is 0.857. The van der Waals surface area contributed by atoms with Gasteiger partial charge in [-0.3, -0.25) is 0 Å². The highest BCUT2D eigenvalue weighted by Gasteiger charge is 2.79. The number of fused-ring (bicyclic) bond motifs is 1. The minimum atomic E-state index is -0.837. The van der Waals surface area contributed by atoms with Crippen LogP contribution in [-0.2, 0) is 9.05 Å². The smallest absolute Gasteiger partial charge is 0.104 e. The third-order valence-corrected chi connectivity index (χ3v) is 55.2. The molecule has 1 spiro atoms. The number of allylic oxidation sites excluding steroid dienone is 1. The lowest BCUT2D eigenvalue weighted by Crippen LogP contribution is -2.56. The van der Waals surface area contributed by atoms with Crippen molar-refractivity contribution in [3.8, 4) is 0 Å². The molecule has 0 radical (unpaired) electrons. The maximum absolute atomic E-state index is 12.3. The summed E-state index contributed by atoms with van der Waals surface area (Å²) >= 11 is 0. The molecule has 29 heavy (non-hydrogen) atoms. The van der Waals surface area contributed by atoms with Gasteiger partial charge in [0.05, 0.1) is 25.1 Å². The van der Waals surface area contributed by atoms with Crippen LogP contribution in [0.3, 0.4) is 0 Å². The summed E-state index contributed by atoms with van der Waals surface area (Å²) < 4.78 is 13.5. The second-order valence-electron chi connectivity index (χ2n) is 8.40. The van der Waals surface area contributed by atoms with Gasteiger partial charge in [0.25, 0.3) is 0 Å². The van der Waals surface area contributed by atoms with E-state index in [1.54, 1.807) is 0 Å². The predicted molar refractivity (Wildman–Crippen MR) is 165 cm³/mol. The van der Waals surface area contributed by atoms with Gasteiger partial charge >= 0.3 is 0 Å². The van der Waals surface area contributed by atoms with Crippen molar-refractivity contribution in [3.05, 3.63) is 11.6 Å². The molecule has 12 unspecified atom stereocenters. The standard InChI is InChI=1S/C14H34O3P12/c1-8-4-5-9-11(16-24-18)13(15)7-6-10(14(8,13)12(9,2)3)17-26(27(20)21)29(25-19)28(22)23/h4,9-11,15,24-25H,5-7,18-23H2,1-3H3/t9?,10-,11-,13+,14?,26?,29?/m0/s1. The lowest BCUT2D eigenvalue weighted by molar-refractivity contribution is -0.116. The molecular weight excluding hydrogens is 588 g/mol. The molecule has 3 aliphatic carbocycles. The summed E-state index contributed by atoms with van der Waals surface area (Å²) in [6.07, 6.45) is 5.02. The number of hydrogen-bond acceptors (Lipinski definition) is 3. The van der Waals surface area contributed by atoms with Crippen molar-refractivity contribution in [1.29, 1.82) is 0 Å². The van der Waals surface area contributed by atoms with Crippen molar-refractivity contribution < 1.29 is 14.2 Å². The fourth-order valence-electron chi connectivity index (χ4n) is 6.27. The van der Waals surface area contributed by atoms with E-state index in [2.05, 4.69) is 80.4 Å². The Labute approximate surface area is 198 Å². The number of rotatable bonds is 8. The molecular formula is C14H34O3P12. The van der Waals surface area contributed by atoms with E-state index < -0.39 is 13.1 Å². The third-order valence-electron chi connectivity index (χ3n) is 7.14. The minimum Gasteiger partial charge on any atom is -0.386 e. The molecule has 3 rings (SSSR count). The Bertz CT molecular complexity index is 647. The molecule has 0 aromatic rings. The van der Waals surface area contributed by atoms with Crippen LogP contribution in [0.2, 0.25) is 0 Å². The fourth-order valence-corrected chi connectivity index (χ4v) is 73.5. The van der Waals surface area contributed by atoms with Crippen LogP contribution in [0.4, 0.5) is 0 Å². The summed E-state index contributed by atoms with van der Waals surface area (Å²) in [5.74, 6) is 0.334. The molecule has 0 heterocycles. The molecule has 0 aliphatic heterocycles. The lowest BCUT2D eigenvalue weighted by Gasteiger charge is -2.53. The van der Waals surface area contributed by atoms with Crippen molar-refractivity contribution in [1.82, 2.24) is 0 Å². The third kappa shape index (κ3) is 4.53. The van der Waals surface area contributed by atoms with Crippen LogP contribution in [0.25, 0.3) is 0 Å². The first kappa shape index (κ1) is 28.4. The topological polar surface area (TPSA) is 38.7 Å². The van der Waals surface area contributed by atoms with Crippen LogP contribution in [0.1, 0.15) is 40.0 Å². The normalized spacial score (nSPS) is 41.1. The van der Waals surface area contributed by atoms with E-state index >= 15 is 0 Å². The second-order valence-corrected chi connectivity index (χ2v) is 44.1. The lowest BCUT2D eigenvalue weighted by atomic mass is 9.54. The summed E-state index contributed by atoms with van der Waals surface area (Å²) in [5.41, 5.74) is 0.0807. The molecule has 1 N–H and O–H groups in total. The van der Waals surface area contributed by atoms with Crippen LogP contribution in [0.5, 0.6) is 0 Å². The van der Waals surface area contributed by atoms with Crippen LogP contribution in [0, 0.1) is 16.7 Å². The Morgan fingerprint density at radius 3 is 2.34 bits per heavy atom. The maximum Gasteiger partial charge on any atom is 0.104 e. The van der Waals surface area contributed by atoms with Gasteiger partial charge < -0.3 is 14.2 Å². The molecule has 2 fully saturated rings. The number of aliphatic hydroxyl groups is 1. The minimum absolute atomic E-state index is 0.0546. The Kier molecular flexibility index (Phi) is 10.8. The highest BCUT2D eigenvalue weighted by molar-refractivity contribution is 9.10. The molecule has 15 atom stereocenters. The molecule has 15 heteroatoms. The van der Waals surface area contributed by atoms with Crippen LogP contribution in [-0.4, -0.2) is 22.9 Å². The second kappa shape index (κ2) is 11.0. The zero-order valence-electron chi connectivity index (χ0n) is 16.9. The molecule has 3 aliphatic rings. The Balaban J connectivity index is 2.06. The van der Waals surface area contributed by atoms with Crippen molar-refractivity contribution in [2.24, 2.45) is 16.7 Å². The van der Waals surface area contributed by atoms with Gasteiger partial charge in [0.2, 0.25) is 0 Å². The summed E-state index contributed by atoms with van der Waals surface area (Å²) in [6.45, 7) is 6.29. The van der Waals surface area contributed by atoms with Gasteiger partial charge in [-0.2, -0.15) is 0 Å². The van der Waals surface area contributed by atoms with E-state index in [4.69, 9.17) is 9.05 Å². The molecule has 168 valence electrons. The number of hydrogen-bond donors (Lipinski definition) is 1. The average Bonchev–Trinajstić information content (AvgIpc) is 2.95. The van der Waals surface area contributed by atoms with Gasteiger partial charge in [-0.15, -0.1) is 44.6 Å². The van der Waals surface area contributed by atoms with E-state index in [0.717, 1.165) is 27.2 Å². The monoisotopic (exact) mass is 622 g/mol. The average molecular weight is 622 g/mol.